The van der Waals surface area contributed by atoms with E-state index in [2.05, 4.69) is 0 Å². The minimum absolute atomic E-state index is 0.477. The number of hydrogen-bond donors (Lipinski definition) is 2. The van der Waals surface area contributed by atoms with Gasteiger partial charge in [-0.15, -0.1) is 0 Å². The molecule has 0 aromatic heterocycles. The second kappa shape index (κ2) is 9.90. The number of carboxylic acids is 1. The molecule has 33 heavy (non-hydrogen) atoms. The first-order valence-electron chi connectivity index (χ1n) is 10.2. The van der Waals surface area contributed by atoms with E-state index in [4.69, 9.17) is 19.7 Å². The van der Waals surface area contributed by atoms with Gasteiger partial charge in [0.15, 0.2) is 0 Å². The van der Waals surface area contributed by atoms with Gasteiger partial charge in [0.25, 0.3) is 11.8 Å². The molecule has 2 heterocycles. The number of carbonyl (C=O) groups excluding carboxylic acids is 2. The van der Waals surface area contributed by atoms with E-state index in [-0.39, 0.29) is 0 Å². The van der Waals surface area contributed by atoms with Crippen molar-refractivity contribution in [2.45, 2.75) is 89.5 Å². The molecule has 0 spiro atoms. The van der Waals surface area contributed by atoms with Crippen LogP contribution in [0.5, 0.6) is 0 Å². The zero-order chi connectivity index (χ0) is 26.0. The Kier molecular flexibility index (Phi) is 8.61. The fraction of sp³-hybridized carbons (Fsp3) is 0.850. The van der Waals surface area contributed by atoms with Crippen LogP contribution in [-0.4, -0.2) is 93.0 Å². The third-order valence-electron chi connectivity index (χ3n) is 4.40. The van der Waals surface area contributed by atoms with E-state index in [0.29, 0.717) is 4.90 Å². The van der Waals surface area contributed by atoms with Gasteiger partial charge in [0.2, 0.25) is 0 Å². The first-order valence-corrected chi connectivity index (χ1v) is 10.2. The van der Waals surface area contributed by atoms with E-state index >= 15 is 0 Å². The summed E-state index contributed by atoms with van der Waals surface area (Å²) in [7, 11) is 0. The van der Waals surface area contributed by atoms with E-state index in [0.717, 1.165) is 4.90 Å². The lowest BCUT2D eigenvalue weighted by atomic mass is 10.2. The van der Waals surface area contributed by atoms with Crippen LogP contribution >= 0.6 is 0 Å². The zero-order valence-corrected chi connectivity index (χ0v) is 19.5. The second-order valence-electron chi connectivity index (χ2n) is 10.0. The van der Waals surface area contributed by atoms with Crippen LogP contribution in [0.2, 0.25) is 0 Å². The molecule has 0 aromatic rings. The normalized spacial score (nSPS) is 24.1. The molecular weight excluding hydrogens is 456 g/mol. The van der Waals surface area contributed by atoms with Crippen molar-refractivity contribution < 1.29 is 51.6 Å². The maximum absolute atomic E-state index is 13.1. The lowest BCUT2D eigenvalue weighted by Crippen LogP contribution is -2.43. The predicted molar refractivity (Wildman–Crippen MR) is 107 cm³/mol. The highest BCUT2D eigenvalue weighted by molar-refractivity contribution is 5.81. The van der Waals surface area contributed by atoms with Crippen molar-refractivity contribution in [2.75, 3.05) is 19.7 Å². The summed E-state index contributed by atoms with van der Waals surface area (Å²) in [5, 5.41) is 17.7. The number of alkyl halides is 4. The molecule has 2 fully saturated rings. The Hall–Kier alpha value is -2.31. The minimum Gasteiger partial charge on any atom is -0.480 e. The highest BCUT2D eigenvalue weighted by Crippen LogP contribution is 2.34. The highest BCUT2D eigenvalue weighted by atomic mass is 19.3. The van der Waals surface area contributed by atoms with Crippen molar-refractivity contribution in [2.24, 2.45) is 0 Å². The second-order valence-corrected chi connectivity index (χ2v) is 10.0. The molecule has 2 saturated heterocycles. The summed E-state index contributed by atoms with van der Waals surface area (Å²) in [5.41, 5.74) is -1.58. The molecule has 0 unspecified atom stereocenters. The molecule has 0 aliphatic carbocycles. The lowest BCUT2D eigenvalue weighted by Gasteiger charge is -2.27. The first kappa shape index (κ1) is 28.7. The molecule has 9 nitrogen and oxygen atoms in total. The fourth-order valence-electron chi connectivity index (χ4n) is 3.15. The number of halogens is 4. The molecule has 0 aromatic carbocycles. The van der Waals surface area contributed by atoms with Crippen LogP contribution in [0.15, 0.2) is 0 Å². The Morgan fingerprint density at radius 3 is 1.64 bits per heavy atom. The Bertz CT molecular complexity index is 735. The molecule has 2 amide bonds. The van der Waals surface area contributed by atoms with E-state index in [1.807, 2.05) is 0 Å². The molecule has 0 bridgehead atoms. The van der Waals surface area contributed by atoms with Gasteiger partial charge < -0.3 is 19.7 Å². The van der Waals surface area contributed by atoms with Crippen LogP contribution in [0, 0.1) is 0 Å². The van der Waals surface area contributed by atoms with Crippen LogP contribution in [0.3, 0.4) is 0 Å². The van der Waals surface area contributed by atoms with Gasteiger partial charge in [-0.05, 0) is 41.5 Å². The van der Waals surface area contributed by atoms with Crippen molar-refractivity contribution in [3.8, 4) is 0 Å². The van der Waals surface area contributed by atoms with Crippen molar-refractivity contribution in [3.63, 3.8) is 0 Å². The van der Waals surface area contributed by atoms with Gasteiger partial charge in [-0.3, -0.25) is 9.80 Å². The molecule has 0 saturated carbocycles. The Labute approximate surface area is 189 Å². The standard InChI is InChI=1S/C10H15F2NO4.C10H17F2NO3/c1-9(2,3)17-8(16)13-5-10(11,12)4-6(13)7(14)15;1-9(2,3)16-8(15)13-6-10(11,12)4-7(13)5-14/h6H,4-5H2,1-3H3,(H,14,15);7,14H,4-6H2,1-3H3/t6-;7-/m00/s1. The van der Waals surface area contributed by atoms with Crippen molar-refractivity contribution in [3.05, 3.63) is 0 Å². The van der Waals surface area contributed by atoms with Gasteiger partial charge in [0.1, 0.15) is 17.2 Å². The Morgan fingerprint density at radius 1 is 0.848 bits per heavy atom. The van der Waals surface area contributed by atoms with Gasteiger partial charge in [-0.25, -0.2) is 31.9 Å². The molecule has 0 radical (unpaired) electrons. The molecule has 2 N–H and O–H groups in total. The SMILES string of the molecule is CC(C)(C)OC(=O)N1CC(F)(F)C[C@H]1C(=O)O.CC(C)(C)OC(=O)N1CC(F)(F)C[C@H]1CO. The van der Waals surface area contributed by atoms with E-state index < -0.39 is 85.8 Å². The number of hydrogen-bond acceptors (Lipinski definition) is 6. The Morgan fingerprint density at radius 2 is 1.24 bits per heavy atom. The number of rotatable bonds is 2. The number of aliphatic hydroxyl groups excluding tert-OH is 1. The third kappa shape index (κ3) is 9.22. The van der Waals surface area contributed by atoms with Gasteiger partial charge in [-0.2, -0.15) is 0 Å². The number of carboxylic acid groups (broad SMARTS) is 1. The maximum Gasteiger partial charge on any atom is 0.411 e. The Balaban J connectivity index is 0.000000331. The van der Waals surface area contributed by atoms with Crippen LogP contribution in [0.25, 0.3) is 0 Å². The van der Waals surface area contributed by atoms with Gasteiger partial charge in [-0.1, -0.05) is 0 Å². The summed E-state index contributed by atoms with van der Waals surface area (Å²) in [6.07, 6.45) is -3.21. The molecule has 2 aliphatic rings. The summed E-state index contributed by atoms with van der Waals surface area (Å²) in [6, 6.07) is -2.38. The quantitative estimate of drug-likeness (QED) is 0.573. The summed E-state index contributed by atoms with van der Waals surface area (Å²) in [6.45, 7) is 7.63. The smallest absolute Gasteiger partial charge is 0.411 e. The first-order chi connectivity index (χ1) is 14.7. The van der Waals surface area contributed by atoms with Crippen molar-refractivity contribution in [1.29, 1.82) is 0 Å². The lowest BCUT2D eigenvalue weighted by molar-refractivity contribution is -0.142. The molecule has 13 heteroatoms. The fourth-order valence-corrected chi connectivity index (χ4v) is 3.15. The van der Waals surface area contributed by atoms with Crippen LogP contribution in [0.4, 0.5) is 27.2 Å². The summed E-state index contributed by atoms with van der Waals surface area (Å²) >= 11 is 0. The number of aliphatic hydroxyl groups is 1. The topological polar surface area (TPSA) is 117 Å². The van der Waals surface area contributed by atoms with Crippen molar-refractivity contribution >= 4 is 18.2 Å². The van der Waals surface area contributed by atoms with Crippen molar-refractivity contribution in [1.82, 2.24) is 9.80 Å². The van der Waals surface area contributed by atoms with E-state index in [1.54, 1.807) is 41.5 Å². The van der Waals surface area contributed by atoms with Gasteiger partial charge >= 0.3 is 18.2 Å². The molecule has 2 rings (SSSR count). The number of aliphatic carboxylic acids is 1. The number of amides is 2. The summed E-state index contributed by atoms with van der Waals surface area (Å²) < 4.78 is 62.2. The predicted octanol–water partition coefficient (Wildman–Crippen LogP) is 3.34. The molecule has 192 valence electrons. The average molecular weight is 488 g/mol. The molecule has 2 atom stereocenters. The zero-order valence-electron chi connectivity index (χ0n) is 19.5. The van der Waals surface area contributed by atoms with Crippen LogP contribution in [-0.2, 0) is 14.3 Å². The van der Waals surface area contributed by atoms with E-state index in [9.17, 15) is 31.9 Å². The summed E-state index contributed by atoms with van der Waals surface area (Å²) in [5.74, 6) is -7.57. The van der Waals surface area contributed by atoms with Crippen LogP contribution in [0.1, 0.15) is 54.4 Å². The highest BCUT2D eigenvalue weighted by Gasteiger charge is 2.51. The maximum atomic E-state index is 13.1. The number of ether oxygens (including phenoxy) is 2. The van der Waals surface area contributed by atoms with Gasteiger partial charge in [0.05, 0.1) is 25.7 Å². The number of nitrogens with zero attached hydrogens (tertiary/aromatic N) is 2. The third-order valence-corrected chi connectivity index (χ3v) is 4.40. The number of carbonyl (C=O) groups is 3. The monoisotopic (exact) mass is 488 g/mol. The molecule has 2 aliphatic heterocycles. The largest absolute Gasteiger partial charge is 0.480 e. The summed E-state index contributed by atoms with van der Waals surface area (Å²) in [4.78, 5) is 35.4. The minimum atomic E-state index is -3.18. The molecular formula is C20H32F4N2O7. The van der Waals surface area contributed by atoms with Crippen LogP contribution < -0.4 is 0 Å². The van der Waals surface area contributed by atoms with E-state index in [1.165, 1.54) is 0 Å². The average Bonchev–Trinajstić information content (AvgIpc) is 3.08. The number of likely N-dealkylation sites (tertiary alicyclic amines) is 2. The van der Waals surface area contributed by atoms with Gasteiger partial charge in [0, 0.05) is 12.8 Å².